The number of carbonyl (C=O) groups excluding carboxylic acids is 1. The Morgan fingerprint density at radius 2 is 2.08 bits per heavy atom. The first-order valence-electron chi connectivity index (χ1n) is 7.97. The van der Waals surface area contributed by atoms with Gasteiger partial charge in [0, 0.05) is 5.56 Å². The summed E-state index contributed by atoms with van der Waals surface area (Å²) in [6.07, 6.45) is 1.69. The first-order chi connectivity index (χ1) is 12.6. The first-order valence-corrected chi connectivity index (χ1v) is 8.34. The zero-order valence-corrected chi connectivity index (χ0v) is 14.3. The van der Waals surface area contributed by atoms with Crippen molar-refractivity contribution in [3.8, 4) is 5.75 Å². The molecule has 2 aromatic carbocycles. The number of nitrogens with one attached hydrogen (secondary N) is 1. The number of rotatable bonds is 4. The van der Waals surface area contributed by atoms with Crippen molar-refractivity contribution in [3.63, 3.8) is 0 Å². The topological polar surface area (TPSA) is 69.0 Å². The summed E-state index contributed by atoms with van der Waals surface area (Å²) in [5.74, 6) is 0.499. The molecule has 0 spiro atoms. The molecular formula is C18H14ClFN4O2. The number of fused-ring (bicyclic) bond motifs is 1. The van der Waals surface area contributed by atoms with Gasteiger partial charge in [-0.05, 0) is 29.8 Å². The summed E-state index contributed by atoms with van der Waals surface area (Å²) in [6.45, 7) is 0.0317. The predicted octanol–water partition coefficient (Wildman–Crippen LogP) is 3.58. The monoisotopic (exact) mass is 372 g/mol. The fraction of sp³-hybridized carbons (Fsp3) is 0.167. The molecular weight excluding hydrogens is 359 g/mol. The molecule has 0 radical (unpaired) electrons. The van der Waals surface area contributed by atoms with Gasteiger partial charge in [-0.1, -0.05) is 29.8 Å². The molecule has 4 rings (SSSR count). The van der Waals surface area contributed by atoms with Gasteiger partial charge in [0.1, 0.15) is 24.5 Å². The van der Waals surface area contributed by atoms with Crippen LogP contribution in [0.5, 0.6) is 5.75 Å². The third-order valence-electron chi connectivity index (χ3n) is 4.21. The number of carbonyl (C=O) groups is 1. The van der Waals surface area contributed by atoms with E-state index in [0.717, 1.165) is 5.56 Å². The molecule has 26 heavy (non-hydrogen) atoms. The van der Waals surface area contributed by atoms with Crippen LogP contribution in [0.2, 0.25) is 5.02 Å². The fourth-order valence-electron chi connectivity index (χ4n) is 2.88. The molecule has 0 saturated heterocycles. The summed E-state index contributed by atoms with van der Waals surface area (Å²) in [5.41, 5.74) is 1.22. The number of hydrogen-bond donors (Lipinski definition) is 1. The van der Waals surface area contributed by atoms with E-state index in [4.69, 9.17) is 16.3 Å². The third kappa shape index (κ3) is 3.13. The Bertz CT molecular complexity index is 938. The number of anilines is 1. The van der Waals surface area contributed by atoms with Crippen molar-refractivity contribution in [2.45, 2.75) is 19.1 Å². The van der Waals surface area contributed by atoms with Gasteiger partial charge in [-0.2, -0.15) is 10.1 Å². The highest BCUT2D eigenvalue weighted by Crippen LogP contribution is 2.29. The minimum absolute atomic E-state index is 0.0317. The Kier molecular flexibility index (Phi) is 4.30. The molecule has 6 nitrogen and oxygen atoms in total. The predicted molar refractivity (Wildman–Crippen MR) is 93.6 cm³/mol. The number of nitrogens with zero attached hydrogens (tertiary/aromatic N) is 3. The first kappa shape index (κ1) is 16.5. The Labute approximate surface area is 153 Å². The van der Waals surface area contributed by atoms with E-state index in [-0.39, 0.29) is 25.0 Å². The van der Waals surface area contributed by atoms with Gasteiger partial charge in [0.25, 0.3) is 0 Å². The molecule has 1 aliphatic rings. The van der Waals surface area contributed by atoms with Crippen LogP contribution >= 0.6 is 11.6 Å². The zero-order chi connectivity index (χ0) is 18.1. The van der Waals surface area contributed by atoms with Gasteiger partial charge in [0.05, 0.1) is 17.5 Å². The maximum atomic E-state index is 13.8. The van der Waals surface area contributed by atoms with Crippen LogP contribution in [-0.4, -0.2) is 20.7 Å². The second-order valence-corrected chi connectivity index (χ2v) is 6.26. The van der Waals surface area contributed by atoms with Crippen LogP contribution in [0.1, 0.15) is 23.6 Å². The van der Waals surface area contributed by atoms with E-state index in [9.17, 15) is 9.18 Å². The van der Waals surface area contributed by atoms with E-state index in [1.165, 1.54) is 12.4 Å². The van der Waals surface area contributed by atoms with Gasteiger partial charge < -0.3 is 4.74 Å². The van der Waals surface area contributed by atoms with Gasteiger partial charge in [-0.25, -0.2) is 9.07 Å². The molecule has 0 saturated carbocycles. The lowest BCUT2D eigenvalue weighted by Crippen LogP contribution is -2.29. The Balaban J connectivity index is 1.50. The van der Waals surface area contributed by atoms with Crippen molar-refractivity contribution >= 4 is 23.5 Å². The third-order valence-corrected chi connectivity index (χ3v) is 4.56. The average Bonchev–Trinajstić information content (AvgIpc) is 3.09. The number of benzene rings is 2. The Morgan fingerprint density at radius 1 is 1.27 bits per heavy atom. The quantitative estimate of drug-likeness (QED) is 0.760. The van der Waals surface area contributed by atoms with Crippen LogP contribution in [0, 0.1) is 5.82 Å². The highest BCUT2D eigenvalue weighted by Gasteiger charge is 2.27. The molecule has 1 N–H and O–H groups in total. The zero-order valence-electron chi connectivity index (χ0n) is 13.5. The number of halogens is 2. The SMILES string of the molecule is O=C1CC(c2ccc(OCc3c(F)cccc3Cl)cc2)n2ncnc2N1. The fourth-order valence-corrected chi connectivity index (χ4v) is 3.09. The second kappa shape index (κ2) is 6.76. The molecule has 1 amide bonds. The normalized spacial score (nSPS) is 16.1. The summed E-state index contributed by atoms with van der Waals surface area (Å²) in [7, 11) is 0. The molecule has 0 aliphatic carbocycles. The van der Waals surface area contributed by atoms with Crippen LogP contribution in [0.15, 0.2) is 48.8 Å². The molecule has 8 heteroatoms. The summed E-state index contributed by atoms with van der Waals surface area (Å²) >= 11 is 6.00. The van der Waals surface area contributed by atoms with Gasteiger partial charge in [0.15, 0.2) is 0 Å². The van der Waals surface area contributed by atoms with Crippen LogP contribution in [0.4, 0.5) is 10.3 Å². The van der Waals surface area contributed by atoms with Gasteiger partial charge in [-0.3, -0.25) is 10.1 Å². The van der Waals surface area contributed by atoms with E-state index >= 15 is 0 Å². The highest BCUT2D eigenvalue weighted by molar-refractivity contribution is 6.31. The van der Waals surface area contributed by atoms with E-state index in [1.807, 2.05) is 12.1 Å². The van der Waals surface area contributed by atoms with Crippen molar-refractivity contribution in [3.05, 3.63) is 70.8 Å². The summed E-state index contributed by atoms with van der Waals surface area (Å²) in [6, 6.07) is 11.5. The smallest absolute Gasteiger partial charge is 0.229 e. The Morgan fingerprint density at radius 3 is 2.85 bits per heavy atom. The summed E-state index contributed by atoms with van der Waals surface area (Å²) < 4.78 is 21.1. The molecule has 0 fully saturated rings. The lowest BCUT2D eigenvalue weighted by atomic mass is 10.0. The Hall–Kier alpha value is -2.93. The van der Waals surface area contributed by atoms with Crippen molar-refractivity contribution < 1.29 is 13.9 Å². The van der Waals surface area contributed by atoms with Crippen LogP contribution < -0.4 is 10.1 Å². The lowest BCUT2D eigenvalue weighted by molar-refractivity contribution is -0.117. The van der Waals surface area contributed by atoms with Crippen LogP contribution in [0.3, 0.4) is 0 Å². The average molecular weight is 373 g/mol. The molecule has 1 atom stereocenters. The number of hydrogen-bond acceptors (Lipinski definition) is 4. The molecule has 1 aromatic heterocycles. The molecule has 3 aromatic rings. The van der Waals surface area contributed by atoms with Crippen LogP contribution in [0.25, 0.3) is 0 Å². The maximum absolute atomic E-state index is 13.8. The number of ether oxygens (including phenoxy) is 1. The van der Waals surface area contributed by atoms with E-state index in [1.54, 1.807) is 28.9 Å². The largest absolute Gasteiger partial charge is 0.489 e. The van der Waals surface area contributed by atoms with E-state index in [2.05, 4.69) is 15.4 Å². The van der Waals surface area contributed by atoms with Crippen molar-refractivity contribution in [2.24, 2.45) is 0 Å². The minimum atomic E-state index is -0.402. The maximum Gasteiger partial charge on any atom is 0.229 e. The van der Waals surface area contributed by atoms with Gasteiger partial charge >= 0.3 is 0 Å². The van der Waals surface area contributed by atoms with E-state index < -0.39 is 5.82 Å². The minimum Gasteiger partial charge on any atom is -0.489 e. The lowest BCUT2D eigenvalue weighted by Gasteiger charge is -2.23. The molecule has 2 heterocycles. The van der Waals surface area contributed by atoms with Crippen molar-refractivity contribution in [1.82, 2.24) is 14.8 Å². The van der Waals surface area contributed by atoms with Gasteiger partial charge in [0.2, 0.25) is 11.9 Å². The molecule has 132 valence electrons. The number of amides is 1. The highest BCUT2D eigenvalue weighted by atomic mass is 35.5. The molecule has 1 aliphatic heterocycles. The summed E-state index contributed by atoms with van der Waals surface area (Å²) in [5, 5.41) is 7.18. The van der Waals surface area contributed by atoms with Crippen LogP contribution in [-0.2, 0) is 11.4 Å². The second-order valence-electron chi connectivity index (χ2n) is 5.85. The number of aromatic nitrogens is 3. The van der Waals surface area contributed by atoms with Gasteiger partial charge in [-0.15, -0.1) is 0 Å². The van der Waals surface area contributed by atoms with E-state index in [0.29, 0.717) is 22.3 Å². The standard InChI is InChI=1S/C18H14ClFN4O2/c19-14-2-1-3-15(20)13(14)9-26-12-6-4-11(5-7-12)16-8-17(25)23-18-21-10-22-24(16)18/h1-7,10,16H,8-9H2,(H,21,22,23,25). The molecule has 0 bridgehead atoms. The summed E-state index contributed by atoms with van der Waals surface area (Å²) in [4.78, 5) is 15.9. The molecule has 1 unspecified atom stereocenters. The van der Waals surface area contributed by atoms with Crippen molar-refractivity contribution in [2.75, 3.05) is 5.32 Å². The van der Waals surface area contributed by atoms with Crippen molar-refractivity contribution in [1.29, 1.82) is 0 Å².